The third-order valence-electron chi connectivity index (χ3n) is 4.01. The third kappa shape index (κ3) is 5.68. The van der Waals surface area contributed by atoms with Crippen molar-refractivity contribution in [1.29, 1.82) is 0 Å². The molecule has 0 saturated heterocycles. The average molecular weight is 290 g/mol. The number of ether oxygens (including phenoxy) is 1. The number of nitrogens with one attached hydrogen (secondary N) is 1. The Morgan fingerprint density at radius 1 is 1.33 bits per heavy atom. The zero-order valence-corrected chi connectivity index (χ0v) is 13.8. The van der Waals surface area contributed by atoms with Gasteiger partial charge in [-0.1, -0.05) is 24.6 Å². The lowest BCUT2D eigenvalue weighted by atomic mass is 10.1. The molecule has 1 saturated carbocycles. The zero-order chi connectivity index (χ0) is 15.1. The lowest BCUT2D eigenvalue weighted by molar-refractivity contribution is 0.131. The second-order valence-electron chi connectivity index (χ2n) is 6.25. The van der Waals surface area contributed by atoms with Crippen LogP contribution in [0, 0.1) is 12.8 Å². The highest BCUT2D eigenvalue weighted by atomic mass is 16.5. The third-order valence-corrected chi connectivity index (χ3v) is 4.01. The van der Waals surface area contributed by atoms with Crippen LogP contribution in [-0.2, 0) is 11.3 Å². The van der Waals surface area contributed by atoms with Crippen LogP contribution < -0.4 is 10.2 Å². The van der Waals surface area contributed by atoms with E-state index in [1.54, 1.807) is 0 Å². The largest absolute Gasteiger partial charge is 0.379 e. The first kappa shape index (κ1) is 16.3. The first-order valence-electron chi connectivity index (χ1n) is 8.29. The molecule has 118 valence electrons. The van der Waals surface area contributed by atoms with E-state index < -0.39 is 0 Å². The Balaban J connectivity index is 1.85. The fourth-order valence-corrected chi connectivity index (χ4v) is 2.48. The van der Waals surface area contributed by atoms with Gasteiger partial charge in [0.2, 0.25) is 0 Å². The summed E-state index contributed by atoms with van der Waals surface area (Å²) in [7, 11) is 2.16. The van der Waals surface area contributed by atoms with Gasteiger partial charge in [-0.25, -0.2) is 0 Å². The molecule has 1 aliphatic carbocycles. The van der Waals surface area contributed by atoms with E-state index in [2.05, 4.69) is 49.3 Å². The number of rotatable bonds is 10. The molecule has 21 heavy (non-hydrogen) atoms. The molecule has 1 aliphatic rings. The molecular formula is C18H30N2O. The van der Waals surface area contributed by atoms with Crippen molar-refractivity contribution in [2.75, 3.05) is 38.3 Å². The zero-order valence-electron chi connectivity index (χ0n) is 13.8. The van der Waals surface area contributed by atoms with Crippen molar-refractivity contribution in [3.8, 4) is 0 Å². The number of aryl methyl sites for hydroxylation is 1. The molecule has 0 radical (unpaired) electrons. The summed E-state index contributed by atoms with van der Waals surface area (Å²) in [5, 5.41) is 3.51. The van der Waals surface area contributed by atoms with Crippen LogP contribution >= 0.6 is 0 Å². The minimum atomic E-state index is 0.822. The topological polar surface area (TPSA) is 24.5 Å². The Morgan fingerprint density at radius 3 is 2.86 bits per heavy atom. The van der Waals surface area contributed by atoms with Crippen LogP contribution in [0.3, 0.4) is 0 Å². The summed E-state index contributed by atoms with van der Waals surface area (Å²) in [6, 6.07) is 6.72. The maximum Gasteiger partial charge on any atom is 0.0641 e. The van der Waals surface area contributed by atoms with Crippen molar-refractivity contribution in [2.24, 2.45) is 5.92 Å². The highest BCUT2D eigenvalue weighted by Gasteiger charge is 2.21. The first-order valence-corrected chi connectivity index (χ1v) is 8.29. The summed E-state index contributed by atoms with van der Waals surface area (Å²) in [5.41, 5.74) is 4.03. The van der Waals surface area contributed by atoms with Gasteiger partial charge in [-0.15, -0.1) is 0 Å². The summed E-state index contributed by atoms with van der Waals surface area (Å²) in [5.74, 6) is 0.850. The van der Waals surface area contributed by atoms with Crippen molar-refractivity contribution >= 4 is 5.69 Å². The van der Waals surface area contributed by atoms with E-state index in [0.717, 1.165) is 38.8 Å². The molecule has 0 spiro atoms. The summed E-state index contributed by atoms with van der Waals surface area (Å²) >= 11 is 0. The molecule has 0 amide bonds. The molecule has 1 aromatic carbocycles. The fraction of sp³-hybridized carbons (Fsp3) is 0.667. The lowest BCUT2D eigenvalue weighted by Gasteiger charge is -2.23. The van der Waals surface area contributed by atoms with Crippen LogP contribution in [0.5, 0.6) is 0 Å². The number of nitrogens with zero attached hydrogens (tertiary/aromatic N) is 1. The minimum absolute atomic E-state index is 0.822. The van der Waals surface area contributed by atoms with Crippen molar-refractivity contribution in [1.82, 2.24) is 5.32 Å². The molecule has 3 nitrogen and oxygen atoms in total. The minimum Gasteiger partial charge on any atom is -0.379 e. The Morgan fingerprint density at radius 2 is 2.14 bits per heavy atom. The first-order chi connectivity index (χ1) is 10.2. The molecule has 2 rings (SSSR count). The number of anilines is 1. The average Bonchev–Trinajstić information content (AvgIpc) is 3.28. The van der Waals surface area contributed by atoms with Gasteiger partial charge in [0, 0.05) is 32.4 Å². The highest BCUT2D eigenvalue weighted by molar-refractivity contribution is 5.54. The number of benzene rings is 1. The van der Waals surface area contributed by atoms with Crippen LogP contribution in [0.25, 0.3) is 0 Å². The Hall–Kier alpha value is -1.06. The van der Waals surface area contributed by atoms with E-state index in [-0.39, 0.29) is 0 Å². The number of hydrogen-bond donors (Lipinski definition) is 1. The molecule has 3 heteroatoms. The van der Waals surface area contributed by atoms with Gasteiger partial charge in [0.05, 0.1) is 6.61 Å². The normalized spacial score (nSPS) is 14.4. The predicted octanol–water partition coefficient (Wildman–Crippen LogP) is 3.36. The van der Waals surface area contributed by atoms with E-state index in [4.69, 9.17) is 4.74 Å². The second kappa shape index (κ2) is 8.40. The molecular weight excluding hydrogens is 260 g/mol. The van der Waals surface area contributed by atoms with Gasteiger partial charge in [-0.05, 0) is 50.3 Å². The smallest absolute Gasteiger partial charge is 0.0641 e. The van der Waals surface area contributed by atoms with Crippen molar-refractivity contribution in [2.45, 2.75) is 39.7 Å². The predicted molar refractivity (Wildman–Crippen MR) is 90.0 cm³/mol. The van der Waals surface area contributed by atoms with Crippen molar-refractivity contribution < 1.29 is 4.74 Å². The van der Waals surface area contributed by atoms with Crippen LogP contribution in [0.15, 0.2) is 18.2 Å². The van der Waals surface area contributed by atoms with Crippen LogP contribution in [-0.4, -0.2) is 33.4 Å². The SMILES string of the molecule is CCCNCc1cc(C)ccc1N(C)CCOCC1CC1. The van der Waals surface area contributed by atoms with Gasteiger partial charge in [0.25, 0.3) is 0 Å². The number of likely N-dealkylation sites (N-methyl/N-ethyl adjacent to an activating group) is 1. The summed E-state index contributed by atoms with van der Waals surface area (Å²) in [4.78, 5) is 2.31. The standard InChI is InChI=1S/C18H30N2O/c1-4-9-19-13-17-12-15(2)5-8-18(17)20(3)10-11-21-14-16-6-7-16/h5,8,12,16,19H,4,6-7,9-11,13-14H2,1-3H3. The van der Waals surface area contributed by atoms with Crippen molar-refractivity contribution in [3.05, 3.63) is 29.3 Å². The molecule has 0 unspecified atom stereocenters. The Bertz CT molecular complexity index is 429. The lowest BCUT2D eigenvalue weighted by Crippen LogP contribution is -2.25. The molecule has 0 aliphatic heterocycles. The van der Waals surface area contributed by atoms with E-state index >= 15 is 0 Å². The molecule has 0 heterocycles. The summed E-state index contributed by atoms with van der Waals surface area (Å²) in [6.45, 7) is 9.10. The van der Waals surface area contributed by atoms with Crippen LogP contribution in [0.2, 0.25) is 0 Å². The highest BCUT2D eigenvalue weighted by Crippen LogP contribution is 2.28. The molecule has 1 aromatic rings. The van der Waals surface area contributed by atoms with Crippen LogP contribution in [0.1, 0.15) is 37.3 Å². The maximum atomic E-state index is 5.75. The van der Waals surface area contributed by atoms with Crippen LogP contribution in [0.4, 0.5) is 5.69 Å². The van der Waals surface area contributed by atoms with Gasteiger partial charge >= 0.3 is 0 Å². The van der Waals surface area contributed by atoms with Gasteiger partial charge in [0.1, 0.15) is 0 Å². The summed E-state index contributed by atoms with van der Waals surface area (Å²) < 4.78 is 5.75. The molecule has 0 aromatic heterocycles. The second-order valence-corrected chi connectivity index (χ2v) is 6.25. The quantitative estimate of drug-likeness (QED) is 0.669. The molecule has 1 N–H and O–H groups in total. The summed E-state index contributed by atoms with van der Waals surface area (Å²) in [6.07, 6.45) is 3.90. The Labute approximate surface area is 129 Å². The van der Waals surface area contributed by atoms with E-state index in [1.807, 2.05) is 0 Å². The monoisotopic (exact) mass is 290 g/mol. The fourth-order valence-electron chi connectivity index (χ4n) is 2.48. The van der Waals surface area contributed by atoms with Gasteiger partial charge in [0.15, 0.2) is 0 Å². The van der Waals surface area contributed by atoms with E-state index in [1.165, 1.54) is 36.1 Å². The van der Waals surface area contributed by atoms with Gasteiger partial charge in [-0.2, -0.15) is 0 Å². The van der Waals surface area contributed by atoms with E-state index in [9.17, 15) is 0 Å². The Kier molecular flexibility index (Phi) is 6.52. The number of hydrogen-bond acceptors (Lipinski definition) is 3. The molecule has 1 fully saturated rings. The molecule has 0 bridgehead atoms. The molecule has 0 atom stereocenters. The van der Waals surface area contributed by atoms with Gasteiger partial charge < -0.3 is 15.0 Å². The maximum absolute atomic E-state index is 5.75. The van der Waals surface area contributed by atoms with E-state index in [0.29, 0.717) is 0 Å². The van der Waals surface area contributed by atoms with Gasteiger partial charge in [-0.3, -0.25) is 0 Å². The van der Waals surface area contributed by atoms with Crippen molar-refractivity contribution in [3.63, 3.8) is 0 Å².